The summed E-state index contributed by atoms with van der Waals surface area (Å²) in [6, 6.07) is 0. The van der Waals surface area contributed by atoms with E-state index < -0.39 is 0 Å². The van der Waals surface area contributed by atoms with Gasteiger partial charge in [0.05, 0.1) is 11.4 Å². The zero-order chi connectivity index (χ0) is 12.3. The number of allylic oxidation sites excluding steroid dienone is 2. The Balaban J connectivity index is 3.06. The van der Waals surface area contributed by atoms with Gasteiger partial charge in [-0.1, -0.05) is 0 Å². The third-order valence-electron chi connectivity index (χ3n) is 2.02. The molecule has 0 aliphatic carbocycles. The first kappa shape index (κ1) is 12.1. The molecule has 0 aliphatic heterocycles. The molecule has 1 rings (SSSR count). The van der Waals surface area contributed by atoms with E-state index in [-0.39, 0.29) is 17.2 Å². The monoisotopic (exact) mass is 222 g/mol. The molecule has 0 unspecified atom stereocenters. The van der Waals surface area contributed by atoms with Gasteiger partial charge in [-0.15, -0.1) is 10.2 Å². The molecular weight excluding hydrogens is 208 g/mol. The topological polar surface area (TPSA) is 90.7 Å². The van der Waals surface area contributed by atoms with Crippen molar-refractivity contribution in [2.45, 2.75) is 27.7 Å². The van der Waals surface area contributed by atoms with Gasteiger partial charge >= 0.3 is 0 Å². The van der Waals surface area contributed by atoms with E-state index in [0.717, 1.165) is 5.69 Å². The van der Waals surface area contributed by atoms with Crippen molar-refractivity contribution in [2.24, 2.45) is 10.2 Å². The van der Waals surface area contributed by atoms with Crippen LogP contribution >= 0.6 is 0 Å². The Morgan fingerprint density at radius 1 is 1.38 bits per heavy atom. The second-order valence-electron chi connectivity index (χ2n) is 3.47. The number of aliphatic hydroxyl groups is 1. The Labute approximate surface area is 93.1 Å². The maximum atomic E-state index is 11.1. The van der Waals surface area contributed by atoms with Crippen molar-refractivity contribution < 1.29 is 9.90 Å². The summed E-state index contributed by atoms with van der Waals surface area (Å²) in [6.07, 6.45) is 0. The fourth-order valence-electron chi connectivity index (χ4n) is 1.19. The van der Waals surface area contributed by atoms with Crippen LogP contribution in [0.4, 0.5) is 5.69 Å². The van der Waals surface area contributed by atoms with Gasteiger partial charge in [0.1, 0.15) is 11.4 Å². The molecular formula is C10H14N4O2. The number of aromatic amines is 1. The summed E-state index contributed by atoms with van der Waals surface area (Å²) in [4.78, 5) is 11.1. The lowest BCUT2D eigenvalue weighted by Crippen LogP contribution is -1.96. The molecule has 86 valence electrons. The Morgan fingerprint density at radius 2 is 2.00 bits per heavy atom. The Morgan fingerprint density at radius 3 is 2.38 bits per heavy atom. The van der Waals surface area contributed by atoms with Crippen LogP contribution in [0.1, 0.15) is 25.2 Å². The third-order valence-corrected chi connectivity index (χ3v) is 2.02. The van der Waals surface area contributed by atoms with Gasteiger partial charge < -0.3 is 5.11 Å². The van der Waals surface area contributed by atoms with Crippen molar-refractivity contribution >= 4 is 11.5 Å². The molecule has 0 aromatic carbocycles. The molecule has 0 fully saturated rings. The van der Waals surface area contributed by atoms with Crippen LogP contribution in [0.15, 0.2) is 21.7 Å². The van der Waals surface area contributed by atoms with Crippen molar-refractivity contribution in [3.05, 3.63) is 22.8 Å². The van der Waals surface area contributed by atoms with E-state index >= 15 is 0 Å². The third kappa shape index (κ3) is 2.53. The number of nitrogens with one attached hydrogen (secondary N) is 1. The molecule has 0 bridgehead atoms. The highest BCUT2D eigenvalue weighted by atomic mass is 16.3. The quantitative estimate of drug-likeness (QED) is 0.467. The number of aliphatic hydroxyl groups excluding tert-OH is 1. The molecule has 2 N–H and O–H groups in total. The van der Waals surface area contributed by atoms with Gasteiger partial charge in [-0.25, -0.2) is 0 Å². The molecule has 1 aromatic rings. The van der Waals surface area contributed by atoms with Gasteiger partial charge in [-0.3, -0.25) is 9.89 Å². The van der Waals surface area contributed by atoms with Gasteiger partial charge in [0.2, 0.25) is 0 Å². The first-order valence-electron chi connectivity index (χ1n) is 4.77. The van der Waals surface area contributed by atoms with Crippen molar-refractivity contribution in [3.8, 4) is 0 Å². The number of azo groups is 1. The molecule has 1 heterocycles. The second-order valence-corrected chi connectivity index (χ2v) is 3.47. The molecule has 0 amide bonds. The molecule has 6 heteroatoms. The van der Waals surface area contributed by atoms with Crippen LogP contribution < -0.4 is 0 Å². The van der Waals surface area contributed by atoms with Crippen LogP contribution in [0.5, 0.6) is 0 Å². The van der Waals surface area contributed by atoms with Crippen LogP contribution in [-0.2, 0) is 4.79 Å². The maximum Gasteiger partial charge on any atom is 0.183 e. The van der Waals surface area contributed by atoms with Gasteiger partial charge in [-0.2, -0.15) is 5.10 Å². The fraction of sp³-hybridized carbons (Fsp3) is 0.400. The first-order chi connectivity index (χ1) is 7.43. The smallest absolute Gasteiger partial charge is 0.183 e. The zero-order valence-electron chi connectivity index (χ0n) is 9.70. The lowest BCUT2D eigenvalue weighted by Gasteiger charge is -1.96. The van der Waals surface area contributed by atoms with Gasteiger partial charge in [0.15, 0.2) is 11.5 Å². The first-order valence-corrected chi connectivity index (χ1v) is 4.77. The van der Waals surface area contributed by atoms with E-state index in [0.29, 0.717) is 11.4 Å². The van der Waals surface area contributed by atoms with E-state index in [1.165, 1.54) is 13.8 Å². The molecule has 0 atom stereocenters. The number of carbonyl (C=O) groups is 1. The van der Waals surface area contributed by atoms with Crippen LogP contribution in [0, 0.1) is 13.8 Å². The number of H-pyrrole nitrogens is 1. The average molecular weight is 222 g/mol. The minimum atomic E-state index is -0.331. The Bertz CT molecular complexity index is 448. The summed E-state index contributed by atoms with van der Waals surface area (Å²) in [7, 11) is 0. The van der Waals surface area contributed by atoms with E-state index in [2.05, 4.69) is 20.4 Å². The fourth-order valence-corrected chi connectivity index (χ4v) is 1.19. The number of carbonyl (C=O) groups excluding carboxylic acids is 1. The summed E-state index contributed by atoms with van der Waals surface area (Å²) in [5, 5.41) is 23.6. The second kappa shape index (κ2) is 4.69. The normalized spacial score (nSPS) is 13.0. The van der Waals surface area contributed by atoms with Crippen molar-refractivity contribution in [1.29, 1.82) is 0 Å². The highest BCUT2D eigenvalue weighted by Crippen LogP contribution is 2.21. The van der Waals surface area contributed by atoms with Crippen molar-refractivity contribution in [2.75, 3.05) is 0 Å². The number of Topliss-reactive ketones (excluding diaryl/α,β-unsaturated/α-hetero) is 1. The summed E-state index contributed by atoms with van der Waals surface area (Å²) < 4.78 is 0. The van der Waals surface area contributed by atoms with E-state index in [9.17, 15) is 9.90 Å². The molecule has 6 nitrogen and oxygen atoms in total. The van der Waals surface area contributed by atoms with Crippen LogP contribution in [0.25, 0.3) is 0 Å². The highest BCUT2D eigenvalue weighted by Gasteiger charge is 2.09. The maximum absolute atomic E-state index is 11.1. The highest BCUT2D eigenvalue weighted by molar-refractivity contribution is 5.93. The molecule has 0 saturated heterocycles. The number of nitrogens with zero attached hydrogens (tertiary/aromatic N) is 3. The molecule has 0 spiro atoms. The van der Waals surface area contributed by atoms with E-state index in [4.69, 9.17) is 0 Å². The predicted octanol–water partition coefficient (Wildman–Crippen LogP) is 2.49. The molecule has 16 heavy (non-hydrogen) atoms. The van der Waals surface area contributed by atoms with Gasteiger partial charge in [0.25, 0.3) is 0 Å². The number of hydrogen-bond donors (Lipinski definition) is 2. The Hall–Kier alpha value is -1.98. The number of rotatable bonds is 3. The van der Waals surface area contributed by atoms with Crippen LogP contribution in [-0.4, -0.2) is 21.1 Å². The minimum absolute atomic E-state index is 0.0417. The van der Waals surface area contributed by atoms with Gasteiger partial charge in [0, 0.05) is 6.92 Å². The van der Waals surface area contributed by atoms with Gasteiger partial charge in [-0.05, 0) is 20.8 Å². The number of hydrogen-bond acceptors (Lipinski definition) is 5. The summed E-state index contributed by atoms with van der Waals surface area (Å²) in [6.45, 7) is 6.30. The number of ketones is 1. The van der Waals surface area contributed by atoms with Crippen LogP contribution in [0.2, 0.25) is 0 Å². The minimum Gasteiger partial charge on any atom is -0.510 e. The summed E-state index contributed by atoms with van der Waals surface area (Å²) in [5.41, 5.74) is 2.00. The Kier molecular flexibility index (Phi) is 3.55. The zero-order valence-corrected chi connectivity index (χ0v) is 9.70. The van der Waals surface area contributed by atoms with Crippen molar-refractivity contribution in [1.82, 2.24) is 10.2 Å². The average Bonchev–Trinajstić information content (AvgIpc) is 2.47. The van der Waals surface area contributed by atoms with E-state index in [1.54, 1.807) is 13.8 Å². The number of aryl methyl sites for hydroxylation is 2. The molecule has 0 radical (unpaired) electrons. The molecule has 1 aromatic heterocycles. The lowest BCUT2D eigenvalue weighted by atomic mass is 10.3. The predicted molar refractivity (Wildman–Crippen MR) is 58.6 cm³/mol. The summed E-state index contributed by atoms with van der Waals surface area (Å²) in [5.74, 6) is -0.474. The standard InChI is InChI=1S/C10H14N4O2/c1-5-9(6(2)12-11-5)13-14-10(7(3)15)8(4)16/h15H,1-4H3,(H,11,12)/b10-7+,14-13?. The van der Waals surface area contributed by atoms with Crippen LogP contribution in [0.3, 0.4) is 0 Å². The largest absolute Gasteiger partial charge is 0.510 e. The molecule has 0 saturated carbocycles. The lowest BCUT2D eigenvalue weighted by molar-refractivity contribution is -0.113. The molecule has 0 aliphatic rings. The SMILES string of the molecule is CC(=O)/C(N=Nc1c(C)n[nH]c1C)=C(/C)O. The number of aromatic nitrogens is 2. The van der Waals surface area contributed by atoms with Crippen molar-refractivity contribution in [3.63, 3.8) is 0 Å². The van der Waals surface area contributed by atoms with E-state index in [1.807, 2.05) is 0 Å². The summed E-state index contributed by atoms with van der Waals surface area (Å²) >= 11 is 0.